The van der Waals surface area contributed by atoms with Crippen LogP contribution in [-0.4, -0.2) is 14.2 Å². The lowest BCUT2D eigenvalue weighted by molar-refractivity contribution is 0.407. The van der Waals surface area contributed by atoms with E-state index in [0.29, 0.717) is 5.92 Å². The van der Waals surface area contributed by atoms with Gasteiger partial charge in [-0.1, -0.05) is 38.1 Å². The molecular weight excluding hydrogens is 246 g/mol. The summed E-state index contributed by atoms with van der Waals surface area (Å²) in [6.07, 6.45) is 0.944. The predicted molar refractivity (Wildman–Crippen MR) is 85.9 cm³/mol. The Morgan fingerprint density at radius 2 is 1.80 bits per heavy atom. The summed E-state index contributed by atoms with van der Waals surface area (Å²) in [6.45, 7) is 4.40. The van der Waals surface area contributed by atoms with Gasteiger partial charge in [0.2, 0.25) is 0 Å². The molecule has 0 spiro atoms. The highest BCUT2D eigenvalue weighted by Gasteiger charge is 2.08. The summed E-state index contributed by atoms with van der Waals surface area (Å²) in [5.41, 5.74) is 5.06. The Morgan fingerprint density at radius 3 is 2.45 bits per heavy atom. The summed E-state index contributed by atoms with van der Waals surface area (Å²) < 4.78 is 5.44. The average Bonchev–Trinajstić information content (AvgIpc) is 2.47. The number of anilines is 1. The molecule has 1 N–H and O–H groups in total. The van der Waals surface area contributed by atoms with Crippen LogP contribution < -0.4 is 10.1 Å². The molecule has 0 heterocycles. The van der Waals surface area contributed by atoms with Gasteiger partial charge in [-0.25, -0.2) is 0 Å². The molecule has 0 fully saturated rings. The van der Waals surface area contributed by atoms with Gasteiger partial charge < -0.3 is 10.1 Å². The van der Waals surface area contributed by atoms with E-state index < -0.39 is 0 Å². The minimum Gasteiger partial charge on any atom is -0.496 e. The van der Waals surface area contributed by atoms with Gasteiger partial charge in [-0.15, -0.1) is 0 Å². The maximum absolute atomic E-state index is 5.44. The lowest BCUT2D eigenvalue weighted by Gasteiger charge is -2.14. The first-order valence-electron chi connectivity index (χ1n) is 7.07. The number of nitrogens with one attached hydrogen (secondary N) is 1. The molecule has 0 unspecified atom stereocenters. The number of ether oxygens (including phenoxy) is 1. The summed E-state index contributed by atoms with van der Waals surface area (Å²) in [5, 5.41) is 3.18. The van der Waals surface area contributed by atoms with Gasteiger partial charge in [0.25, 0.3) is 0 Å². The van der Waals surface area contributed by atoms with Crippen molar-refractivity contribution in [1.29, 1.82) is 0 Å². The number of rotatable bonds is 5. The monoisotopic (exact) mass is 269 g/mol. The van der Waals surface area contributed by atoms with Crippen molar-refractivity contribution in [3.63, 3.8) is 0 Å². The molecule has 0 aliphatic heterocycles. The second kappa shape index (κ2) is 6.47. The van der Waals surface area contributed by atoms with Crippen LogP contribution in [0, 0.1) is 0 Å². The van der Waals surface area contributed by atoms with Crippen LogP contribution in [0.15, 0.2) is 42.5 Å². The molecule has 2 aromatic rings. The SMILES string of the molecule is CNc1cccc(Cc2ccc(OC)c(C(C)C)c2)c1. The Hall–Kier alpha value is -1.96. The molecule has 0 bridgehead atoms. The fraction of sp³-hybridized carbons (Fsp3) is 0.333. The Kier molecular flexibility index (Phi) is 4.67. The van der Waals surface area contributed by atoms with Gasteiger partial charge in [-0.3, -0.25) is 0 Å². The summed E-state index contributed by atoms with van der Waals surface area (Å²) in [4.78, 5) is 0. The quantitative estimate of drug-likeness (QED) is 0.865. The van der Waals surface area contributed by atoms with Crippen molar-refractivity contribution in [2.45, 2.75) is 26.2 Å². The third kappa shape index (κ3) is 3.32. The minimum absolute atomic E-state index is 0.466. The zero-order chi connectivity index (χ0) is 14.5. The molecular formula is C18H23NO. The van der Waals surface area contributed by atoms with Crippen molar-refractivity contribution in [2.24, 2.45) is 0 Å². The van der Waals surface area contributed by atoms with Crippen molar-refractivity contribution in [2.75, 3.05) is 19.5 Å². The smallest absolute Gasteiger partial charge is 0.122 e. The van der Waals surface area contributed by atoms with Crippen LogP contribution in [0.2, 0.25) is 0 Å². The predicted octanol–water partition coefficient (Wildman–Crippen LogP) is 4.45. The zero-order valence-corrected chi connectivity index (χ0v) is 12.7. The van der Waals surface area contributed by atoms with Gasteiger partial charge in [-0.05, 0) is 47.2 Å². The Bertz CT molecular complexity index is 575. The van der Waals surface area contributed by atoms with E-state index in [1.54, 1.807) is 7.11 Å². The van der Waals surface area contributed by atoms with E-state index >= 15 is 0 Å². The molecule has 2 aromatic carbocycles. The number of methoxy groups -OCH3 is 1. The van der Waals surface area contributed by atoms with Crippen LogP contribution in [-0.2, 0) is 6.42 Å². The minimum atomic E-state index is 0.466. The number of hydrogen-bond donors (Lipinski definition) is 1. The first-order chi connectivity index (χ1) is 9.63. The van der Waals surface area contributed by atoms with Gasteiger partial charge in [0, 0.05) is 12.7 Å². The highest BCUT2D eigenvalue weighted by molar-refractivity contribution is 5.47. The number of hydrogen-bond acceptors (Lipinski definition) is 2. The lowest BCUT2D eigenvalue weighted by Crippen LogP contribution is -1.97. The van der Waals surface area contributed by atoms with Gasteiger partial charge in [0.15, 0.2) is 0 Å². The lowest BCUT2D eigenvalue weighted by atomic mass is 9.96. The maximum atomic E-state index is 5.44. The molecule has 0 amide bonds. The van der Waals surface area contributed by atoms with Crippen molar-refractivity contribution >= 4 is 5.69 Å². The Labute approximate surface area is 121 Å². The molecule has 0 atom stereocenters. The van der Waals surface area contributed by atoms with E-state index in [0.717, 1.165) is 17.9 Å². The van der Waals surface area contributed by atoms with Crippen LogP contribution in [0.3, 0.4) is 0 Å². The molecule has 2 rings (SSSR count). The van der Waals surface area contributed by atoms with Gasteiger partial charge in [-0.2, -0.15) is 0 Å². The molecule has 0 radical (unpaired) electrons. The largest absolute Gasteiger partial charge is 0.496 e. The molecule has 2 nitrogen and oxygen atoms in total. The molecule has 2 heteroatoms. The topological polar surface area (TPSA) is 21.3 Å². The highest BCUT2D eigenvalue weighted by atomic mass is 16.5. The average molecular weight is 269 g/mol. The van der Waals surface area contributed by atoms with E-state index in [9.17, 15) is 0 Å². The maximum Gasteiger partial charge on any atom is 0.122 e. The normalized spacial score (nSPS) is 10.7. The van der Waals surface area contributed by atoms with E-state index in [1.165, 1.54) is 16.7 Å². The second-order valence-corrected chi connectivity index (χ2v) is 5.36. The Morgan fingerprint density at radius 1 is 1.05 bits per heavy atom. The molecule has 0 saturated carbocycles. The summed E-state index contributed by atoms with van der Waals surface area (Å²) in [5.74, 6) is 1.45. The van der Waals surface area contributed by atoms with Gasteiger partial charge in [0.1, 0.15) is 5.75 Å². The van der Waals surface area contributed by atoms with E-state index in [-0.39, 0.29) is 0 Å². The summed E-state index contributed by atoms with van der Waals surface area (Å²) in [6, 6.07) is 15.0. The van der Waals surface area contributed by atoms with E-state index in [2.05, 4.69) is 61.6 Å². The standard InChI is InChI=1S/C18H23NO/c1-13(2)17-12-15(8-9-18(17)20-4)10-14-6-5-7-16(11-14)19-3/h5-9,11-13,19H,10H2,1-4H3. The fourth-order valence-electron chi connectivity index (χ4n) is 2.42. The van der Waals surface area contributed by atoms with Crippen molar-refractivity contribution in [3.8, 4) is 5.75 Å². The van der Waals surface area contributed by atoms with Crippen LogP contribution in [0.1, 0.15) is 36.5 Å². The van der Waals surface area contributed by atoms with Gasteiger partial charge >= 0.3 is 0 Å². The van der Waals surface area contributed by atoms with Crippen molar-refractivity contribution < 1.29 is 4.74 Å². The molecule has 0 saturated heterocycles. The summed E-state index contributed by atoms with van der Waals surface area (Å²) in [7, 11) is 3.68. The first-order valence-corrected chi connectivity index (χ1v) is 7.07. The molecule has 0 aliphatic rings. The molecule has 0 aromatic heterocycles. The fourth-order valence-corrected chi connectivity index (χ4v) is 2.42. The zero-order valence-electron chi connectivity index (χ0n) is 12.7. The first kappa shape index (κ1) is 14.4. The van der Waals surface area contributed by atoms with Crippen LogP contribution in [0.4, 0.5) is 5.69 Å². The van der Waals surface area contributed by atoms with Gasteiger partial charge in [0.05, 0.1) is 7.11 Å². The van der Waals surface area contributed by atoms with Crippen LogP contribution in [0.5, 0.6) is 5.75 Å². The van der Waals surface area contributed by atoms with Crippen LogP contribution >= 0.6 is 0 Å². The molecule has 106 valence electrons. The number of benzene rings is 2. The van der Waals surface area contributed by atoms with Crippen LogP contribution in [0.25, 0.3) is 0 Å². The summed E-state index contributed by atoms with van der Waals surface area (Å²) >= 11 is 0. The van der Waals surface area contributed by atoms with Crippen molar-refractivity contribution in [1.82, 2.24) is 0 Å². The third-order valence-corrected chi connectivity index (χ3v) is 3.54. The second-order valence-electron chi connectivity index (χ2n) is 5.36. The molecule has 0 aliphatic carbocycles. The highest BCUT2D eigenvalue weighted by Crippen LogP contribution is 2.28. The van der Waals surface area contributed by atoms with E-state index in [1.807, 2.05) is 7.05 Å². The Balaban J connectivity index is 2.27. The molecule has 20 heavy (non-hydrogen) atoms. The van der Waals surface area contributed by atoms with Crippen molar-refractivity contribution in [3.05, 3.63) is 59.2 Å². The third-order valence-electron chi connectivity index (χ3n) is 3.54. The van der Waals surface area contributed by atoms with E-state index in [4.69, 9.17) is 4.74 Å².